The van der Waals surface area contributed by atoms with Gasteiger partial charge in [0.2, 0.25) is 0 Å². The molecule has 1 saturated heterocycles. The fraction of sp³-hybridized carbons (Fsp3) is 0.318. The van der Waals surface area contributed by atoms with Crippen LogP contribution in [0.3, 0.4) is 0 Å². The van der Waals surface area contributed by atoms with Crippen LogP contribution in [0.2, 0.25) is 0 Å². The predicted molar refractivity (Wildman–Crippen MR) is 111 cm³/mol. The molecule has 1 unspecified atom stereocenters. The van der Waals surface area contributed by atoms with Crippen molar-refractivity contribution < 1.29 is 5.11 Å². The molecule has 3 aromatic rings. The van der Waals surface area contributed by atoms with Gasteiger partial charge in [0.1, 0.15) is 0 Å². The number of aliphatic hydroxyl groups excluding tert-OH is 1. The number of rotatable bonds is 4. The number of nitrogens with zero attached hydrogens (tertiary/aromatic N) is 1. The molecule has 4 rings (SSSR count). The Balaban J connectivity index is 1.46. The highest BCUT2D eigenvalue weighted by Crippen LogP contribution is 2.22. The number of aryl methyl sites for hydroxylation is 1. The molecule has 0 aliphatic carbocycles. The minimum absolute atomic E-state index is 0.0526. The fourth-order valence-electron chi connectivity index (χ4n) is 3.74. The molecule has 1 aliphatic rings. The normalized spacial score (nSPS) is 17.3. The van der Waals surface area contributed by atoms with Crippen molar-refractivity contribution >= 4 is 22.3 Å². The summed E-state index contributed by atoms with van der Waals surface area (Å²) in [6, 6.07) is 16.2. The zero-order chi connectivity index (χ0) is 18.8. The Morgan fingerprint density at radius 3 is 2.81 bits per heavy atom. The minimum Gasteiger partial charge on any atom is -0.391 e. The molecule has 1 aromatic heterocycles. The van der Waals surface area contributed by atoms with Crippen LogP contribution in [0.5, 0.6) is 0 Å². The number of piperidine rings is 1. The van der Waals surface area contributed by atoms with Gasteiger partial charge in [0.15, 0.2) is 0 Å². The molecule has 0 spiro atoms. The fourth-order valence-corrected chi connectivity index (χ4v) is 3.74. The lowest BCUT2D eigenvalue weighted by Crippen LogP contribution is -2.38. The summed E-state index contributed by atoms with van der Waals surface area (Å²) in [6.07, 6.45) is 1.67. The summed E-state index contributed by atoms with van der Waals surface area (Å²) in [7, 11) is 0. The van der Waals surface area contributed by atoms with Crippen LogP contribution < -0.4 is 15.8 Å². The van der Waals surface area contributed by atoms with E-state index in [1.165, 1.54) is 0 Å². The first-order chi connectivity index (χ1) is 13.1. The quantitative estimate of drug-likeness (QED) is 0.664. The lowest BCUT2D eigenvalue weighted by Gasteiger charge is -2.32. The average Bonchev–Trinajstić information content (AvgIpc) is 2.68. The molecule has 0 radical (unpaired) electrons. The van der Waals surface area contributed by atoms with E-state index in [9.17, 15) is 9.90 Å². The highest BCUT2D eigenvalue weighted by molar-refractivity contribution is 5.82. The molecule has 5 heteroatoms. The number of nitrogens with one attached hydrogen (secondary N) is 2. The molecule has 3 N–H and O–H groups in total. The second-order valence-electron chi connectivity index (χ2n) is 7.31. The van der Waals surface area contributed by atoms with Gasteiger partial charge in [-0.25, -0.2) is 0 Å². The highest BCUT2D eigenvalue weighted by Gasteiger charge is 2.17. The van der Waals surface area contributed by atoms with Crippen molar-refractivity contribution in [3.63, 3.8) is 0 Å². The van der Waals surface area contributed by atoms with Gasteiger partial charge in [-0.05, 0) is 61.0 Å². The number of H-pyrrole nitrogens is 1. The summed E-state index contributed by atoms with van der Waals surface area (Å²) >= 11 is 0. The van der Waals surface area contributed by atoms with Crippen molar-refractivity contribution in [2.45, 2.75) is 32.4 Å². The molecule has 5 nitrogen and oxygen atoms in total. The summed E-state index contributed by atoms with van der Waals surface area (Å²) < 4.78 is 0. The van der Waals surface area contributed by atoms with Gasteiger partial charge in [-0.2, -0.15) is 0 Å². The summed E-state index contributed by atoms with van der Waals surface area (Å²) in [5.41, 5.74) is 4.74. The van der Waals surface area contributed by atoms with Gasteiger partial charge in [-0.1, -0.05) is 18.2 Å². The van der Waals surface area contributed by atoms with Crippen LogP contribution in [0.1, 0.15) is 24.0 Å². The van der Waals surface area contributed by atoms with Crippen LogP contribution in [-0.4, -0.2) is 29.3 Å². The number of hydrogen-bond acceptors (Lipinski definition) is 4. The average molecular weight is 363 g/mol. The number of pyridine rings is 1. The van der Waals surface area contributed by atoms with Crippen LogP contribution in [0, 0.1) is 6.92 Å². The molecule has 1 fully saturated rings. The van der Waals surface area contributed by atoms with E-state index in [1.54, 1.807) is 0 Å². The standard InChI is InChI=1S/C22H25N3O2/c1-15-4-2-5-16-12-17(22(27)24-21(15)16)13-23-18-7-9-19(10-8-18)25-11-3-6-20(26)14-25/h2,4-5,7-10,12,20,23,26H,3,6,11,13-14H2,1H3,(H,24,27). The maximum absolute atomic E-state index is 12.4. The number of aromatic amines is 1. The van der Waals surface area contributed by atoms with E-state index in [0.717, 1.165) is 52.8 Å². The van der Waals surface area contributed by atoms with Crippen LogP contribution in [0.4, 0.5) is 11.4 Å². The van der Waals surface area contributed by atoms with Gasteiger partial charge < -0.3 is 20.3 Å². The first kappa shape index (κ1) is 17.6. The number of β-amino-alcohol motifs (C(OH)–C–C–N with tert-alkyl or cyclic N) is 1. The number of aliphatic hydroxyl groups is 1. The number of benzene rings is 2. The van der Waals surface area contributed by atoms with Crippen molar-refractivity contribution in [1.29, 1.82) is 0 Å². The number of aromatic nitrogens is 1. The van der Waals surface area contributed by atoms with Crippen LogP contribution >= 0.6 is 0 Å². The number of fused-ring (bicyclic) bond motifs is 1. The Labute approximate surface area is 158 Å². The second-order valence-corrected chi connectivity index (χ2v) is 7.31. The van der Waals surface area contributed by atoms with E-state index in [0.29, 0.717) is 13.1 Å². The third kappa shape index (κ3) is 3.83. The van der Waals surface area contributed by atoms with Crippen LogP contribution in [0.25, 0.3) is 10.9 Å². The van der Waals surface area contributed by atoms with E-state index in [2.05, 4.69) is 27.3 Å². The number of para-hydroxylation sites is 1. The third-order valence-corrected chi connectivity index (χ3v) is 5.28. The molecule has 0 saturated carbocycles. The third-order valence-electron chi connectivity index (χ3n) is 5.28. The Morgan fingerprint density at radius 1 is 1.22 bits per heavy atom. The molecule has 1 aliphatic heterocycles. The largest absolute Gasteiger partial charge is 0.391 e. The summed E-state index contributed by atoms with van der Waals surface area (Å²) in [5.74, 6) is 0. The number of anilines is 2. The molecular weight excluding hydrogens is 338 g/mol. The number of hydrogen-bond donors (Lipinski definition) is 3. The molecule has 1 atom stereocenters. The van der Waals surface area contributed by atoms with Gasteiger partial charge >= 0.3 is 0 Å². The maximum Gasteiger partial charge on any atom is 0.253 e. The van der Waals surface area contributed by atoms with E-state index < -0.39 is 0 Å². The van der Waals surface area contributed by atoms with Gasteiger partial charge in [0.05, 0.1) is 11.6 Å². The molecule has 2 heterocycles. The Morgan fingerprint density at radius 2 is 2.04 bits per heavy atom. The van der Waals surface area contributed by atoms with E-state index in [-0.39, 0.29) is 11.7 Å². The van der Waals surface area contributed by atoms with Gasteiger partial charge in [0.25, 0.3) is 5.56 Å². The van der Waals surface area contributed by atoms with Crippen LogP contribution in [-0.2, 0) is 6.54 Å². The van der Waals surface area contributed by atoms with E-state index in [1.807, 2.05) is 43.3 Å². The van der Waals surface area contributed by atoms with Crippen molar-refractivity contribution in [2.75, 3.05) is 23.3 Å². The van der Waals surface area contributed by atoms with Gasteiger partial charge in [-0.15, -0.1) is 0 Å². The molecular formula is C22H25N3O2. The Hall–Kier alpha value is -2.79. The lowest BCUT2D eigenvalue weighted by atomic mass is 10.1. The van der Waals surface area contributed by atoms with Gasteiger partial charge in [-0.3, -0.25) is 4.79 Å². The summed E-state index contributed by atoms with van der Waals surface area (Å²) in [4.78, 5) is 17.6. The molecule has 0 bridgehead atoms. The molecule has 2 aromatic carbocycles. The van der Waals surface area contributed by atoms with E-state index >= 15 is 0 Å². The summed E-state index contributed by atoms with van der Waals surface area (Å²) in [6.45, 7) is 4.15. The highest BCUT2D eigenvalue weighted by atomic mass is 16.3. The first-order valence-corrected chi connectivity index (χ1v) is 9.48. The Kier molecular flexibility index (Phi) is 4.86. The van der Waals surface area contributed by atoms with Gasteiger partial charge in [0, 0.05) is 36.6 Å². The first-order valence-electron chi connectivity index (χ1n) is 9.48. The molecule has 140 valence electrons. The zero-order valence-electron chi connectivity index (χ0n) is 15.5. The smallest absolute Gasteiger partial charge is 0.253 e. The SMILES string of the molecule is Cc1cccc2cc(CNc3ccc(N4CCCC(O)C4)cc3)c(=O)[nH]c12. The Bertz CT molecular complexity index is 995. The van der Waals surface area contributed by atoms with Crippen LogP contribution in [0.15, 0.2) is 53.3 Å². The monoisotopic (exact) mass is 363 g/mol. The summed E-state index contributed by atoms with van der Waals surface area (Å²) in [5, 5.41) is 14.2. The topological polar surface area (TPSA) is 68.4 Å². The predicted octanol–water partition coefficient (Wildman–Crippen LogP) is 3.41. The van der Waals surface area contributed by atoms with Crippen molar-refractivity contribution in [3.05, 3.63) is 70.0 Å². The zero-order valence-corrected chi connectivity index (χ0v) is 15.5. The maximum atomic E-state index is 12.4. The molecule has 27 heavy (non-hydrogen) atoms. The van der Waals surface area contributed by atoms with Crippen molar-refractivity contribution in [3.8, 4) is 0 Å². The van der Waals surface area contributed by atoms with Crippen molar-refractivity contribution in [2.24, 2.45) is 0 Å². The van der Waals surface area contributed by atoms with E-state index in [4.69, 9.17) is 0 Å². The molecule has 0 amide bonds. The second kappa shape index (κ2) is 7.45. The minimum atomic E-state index is -0.236. The van der Waals surface area contributed by atoms with Crippen molar-refractivity contribution in [1.82, 2.24) is 4.98 Å². The lowest BCUT2D eigenvalue weighted by molar-refractivity contribution is 0.154.